The maximum atomic E-state index is 11.9. The van der Waals surface area contributed by atoms with Gasteiger partial charge < -0.3 is 10.2 Å². The van der Waals surface area contributed by atoms with Crippen LogP contribution in [0.15, 0.2) is 35.7 Å². The molecule has 1 saturated heterocycles. The molecular weight excluding hydrogens is 294 g/mol. The molecular formula is C17H21N3OS. The van der Waals surface area contributed by atoms with E-state index in [-0.39, 0.29) is 5.91 Å². The summed E-state index contributed by atoms with van der Waals surface area (Å²) >= 11 is 1.71. The third-order valence-corrected chi connectivity index (χ3v) is 4.78. The predicted octanol–water partition coefficient (Wildman–Crippen LogP) is 2.64. The van der Waals surface area contributed by atoms with Crippen molar-refractivity contribution in [2.24, 2.45) is 0 Å². The lowest BCUT2D eigenvalue weighted by molar-refractivity contribution is -0.120. The van der Waals surface area contributed by atoms with Crippen molar-refractivity contribution in [3.63, 3.8) is 0 Å². The number of carbonyl (C=O) groups is 1. The molecule has 0 unspecified atom stereocenters. The van der Waals surface area contributed by atoms with Crippen LogP contribution in [-0.2, 0) is 17.6 Å². The third-order valence-electron chi connectivity index (χ3n) is 3.83. The van der Waals surface area contributed by atoms with Gasteiger partial charge in [0, 0.05) is 31.4 Å². The van der Waals surface area contributed by atoms with E-state index in [1.54, 1.807) is 11.3 Å². The number of nitrogens with zero attached hydrogens (tertiary/aromatic N) is 2. The zero-order valence-corrected chi connectivity index (χ0v) is 13.4. The van der Waals surface area contributed by atoms with Gasteiger partial charge in [0.1, 0.15) is 0 Å². The van der Waals surface area contributed by atoms with Crippen LogP contribution in [0.5, 0.6) is 0 Å². The Kier molecular flexibility index (Phi) is 5.06. The molecule has 1 aliphatic rings. The average Bonchev–Trinajstić information content (AvgIpc) is 3.19. The summed E-state index contributed by atoms with van der Waals surface area (Å²) < 4.78 is 0. The first-order valence-corrected chi connectivity index (χ1v) is 8.69. The first-order chi connectivity index (χ1) is 10.8. The highest BCUT2D eigenvalue weighted by Gasteiger charge is 2.15. The predicted molar refractivity (Wildman–Crippen MR) is 90.4 cm³/mol. The summed E-state index contributed by atoms with van der Waals surface area (Å²) in [5.74, 6) is 0.0706. The lowest BCUT2D eigenvalue weighted by atomic mass is 10.1. The Balaban J connectivity index is 1.42. The molecule has 4 nitrogen and oxygen atoms in total. The molecule has 0 atom stereocenters. The second-order valence-electron chi connectivity index (χ2n) is 5.58. The second kappa shape index (κ2) is 7.40. The summed E-state index contributed by atoms with van der Waals surface area (Å²) in [7, 11) is 0. The smallest absolute Gasteiger partial charge is 0.224 e. The highest BCUT2D eigenvalue weighted by molar-refractivity contribution is 7.13. The van der Waals surface area contributed by atoms with Crippen molar-refractivity contribution in [3.05, 3.63) is 47.0 Å². The minimum atomic E-state index is 0.0706. The third kappa shape index (κ3) is 4.07. The minimum absolute atomic E-state index is 0.0706. The van der Waals surface area contributed by atoms with Gasteiger partial charge in [-0.2, -0.15) is 0 Å². The van der Waals surface area contributed by atoms with Crippen LogP contribution in [0.1, 0.15) is 24.1 Å². The summed E-state index contributed by atoms with van der Waals surface area (Å²) in [6, 6.07) is 9.82. The van der Waals surface area contributed by atoms with Gasteiger partial charge in [0.2, 0.25) is 5.91 Å². The fourth-order valence-corrected chi connectivity index (χ4v) is 3.55. The molecule has 2 heterocycles. The van der Waals surface area contributed by atoms with Gasteiger partial charge in [-0.15, -0.1) is 11.3 Å². The van der Waals surface area contributed by atoms with E-state index in [0.717, 1.165) is 35.9 Å². The van der Waals surface area contributed by atoms with E-state index >= 15 is 0 Å². The number of hydrogen-bond acceptors (Lipinski definition) is 4. The van der Waals surface area contributed by atoms with Crippen molar-refractivity contribution in [3.8, 4) is 0 Å². The molecule has 0 spiro atoms. The first kappa shape index (κ1) is 15.0. The molecule has 1 aromatic carbocycles. The Hall–Kier alpha value is -1.88. The van der Waals surface area contributed by atoms with Gasteiger partial charge in [-0.1, -0.05) is 30.3 Å². The molecule has 22 heavy (non-hydrogen) atoms. The largest absolute Gasteiger partial charge is 0.355 e. The van der Waals surface area contributed by atoms with Crippen molar-refractivity contribution >= 4 is 22.4 Å². The number of hydrogen-bond donors (Lipinski definition) is 1. The molecule has 116 valence electrons. The molecule has 3 rings (SSSR count). The number of benzene rings is 1. The van der Waals surface area contributed by atoms with Gasteiger partial charge in [-0.3, -0.25) is 4.79 Å². The summed E-state index contributed by atoms with van der Waals surface area (Å²) in [6.45, 7) is 2.90. The highest BCUT2D eigenvalue weighted by Crippen LogP contribution is 2.24. The van der Waals surface area contributed by atoms with Gasteiger partial charge in [-0.25, -0.2) is 4.98 Å². The number of anilines is 1. The van der Waals surface area contributed by atoms with Crippen LogP contribution in [-0.4, -0.2) is 30.5 Å². The quantitative estimate of drug-likeness (QED) is 0.891. The van der Waals surface area contributed by atoms with E-state index in [1.807, 2.05) is 30.3 Å². The van der Waals surface area contributed by atoms with E-state index in [4.69, 9.17) is 0 Å². The molecule has 1 fully saturated rings. The summed E-state index contributed by atoms with van der Waals surface area (Å²) in [6.07, 6.45) is 3.77. The molecule has 1 amide bonds. The van der Waals surface area contributed by atoms with Crippen LogP contribution in [0.3, 0.4) is 0 Å². The monoisotopic (exact) mass is 315 g/mol. The average molecular weight is 315 g/mol. The zero-order valence-electron chi connectivity index (χ0n) is 12.6. The van der Waals surface area contributed by atoms with Gasteiger partial charge >= 0.3 is 0 Å². The Morgan fingerprint density at radius 3 is 2.77 bits per heavy atom. The van der Waals surface area contributed by atoms with Crippen LogP contribution in [0, 0.1) is 0 Å². The SMILES string of the molecule is O=C(Cc1ccccc1)NCCc1csc(N2CCCC2)n1. The molecule has 0 saturated carbocycles. The Morgan fingerprint density at radius 2 is 2.00 bits per heavy atom. The van der Waals surface area contributed by atoms with E-state index in [2.05, 4.69) is 20.6 Å². The van der Waals surface area contributed by atoms with Gasteiger partial charge in [0.25, 0.3) is 0 Å². The van der Waals surface area contributed by atoms with Crippen LogP contribution < -0.4 is 10.2 Å². The zero-order chi connectivity index (χ0) is 15.2. The Bertz CT molecular complexity index is 605. The molecule has 0 bridgehead atoms. The van der Waals surface area contributed by atoms with Crippen molar-refractivity contribution in [2.75, 3.05) is 24.5 Å². The van der Waals surface area contributed by atoms with Crippen LogP contribution in [0.25, 0.3) is 0 Å². The van der Waals surface area contributed by atoms with Crippen LogP contribution in [0.2, 0.25) is 0 Å². The van der Waals surface area contributed by atoms with Crippen LogP contribution >= 0.6 is 11.3 Å². The molecule has 1 aliphatic heterocycles. The fraction of sp³-hybridized carbons (Fsp3) is 0.412. The van der Waals surface area contributed by atoms with Crippen molar-refractivity contribution in [1.82, 2.24) is 10.3 Å². The second-order valence-corrected chi connectivity index (χ2v) is 6.41. The number of carbonyl (C=O) groups excluding carboxylic acids is 1. The topological polar surface area (TPSA) is 45.2 Å². The van der Waals surface area contributed by atoms with Crippen molar-refractivity contribution in [2.45, 2.75) is 25.7 Å². The lowest BCUT2D eigenvalue weighted by Crippen LogP contribution is -2.27. The number of aromatic nitrogens is 1. The normalized spacial score (nSPS) is 14.3. The maximum absolute atomic E-state index is 11.9. The fourth-order valence-electron chi connectivity index (χ4n) is 2.64. The molecule has 1 aromatic heterocycles. The highest BCUT2D eigenvalue weighted by atomic mass is 32.1. The van der Waals surface area contributed by atoms with E-state index in [0.29, 0.717) is 13.0 Å². The van der Waals surface area contributed by atoms with Gasteiger partial charge in [-0.05, 0) is 18.4 Å². The summed E-state index contributed by atoms with van der Waals surface area (Å²) in [4.78, 5) is 18.9. The standard InChI is InChI=1S/C17H21N3OS/c21-16(12-14-6-2-1-3-7-14)18-9-8-15-13-22-17(19-15)20-10-4-5-11-20/h1-3,6-7,13H,4-5,8-12H2,(H,18,21). The molecule has 2 aromatic rings. The number of amides is 1. The Labute approximate surface area is 135 Å². The van der Waals surface area contributed by atoms with Crippen molar-refractivity contribution < 1.29 is 4.79 Å². The van der Waals surface area contributed by atoms with Gasteiger partial charge in [0.15, 0.2) is 5.13 Å². The molecule has 5 heteroatoms. The molecule has 0 aliphatic carbocycles. The molecule has 1 N–H and O–H groups in total. The van der Waals surface area contributed by atoms with E-state index in [9.17, 15) is 4.79 Å². The number of nitrogens with one attached hydrogen (secondary N) is 1. The molecule has 0 radical (unpaired) electrons. The summed E-state index contributed by atoms with van der Waals surface area (Å²) in [5.41, 5.74) is 2.12. The lowest BCUT2D eigenvalue weighted by Gasteiger charge is -2.12. The van der Waals surface area contributed by atoms with Crippen molar-refractivity contribution in [1.29, 1.82) is 0 Å². The van der Waals surface area contributed by atoms with E-state index < -0.39 is 0 Å². The Morgan fingerprint density at radius 1 is 1.23 bits per heavy atom. The van der Waals surface area contributed by atoms with E-state index in [1.165, 1.54) is 12.8 Å². The number of thiazole rings is 1. The number of rotatable bonds is 6. The summed E-state index contributed by atoms with van der Waals surface area (Å²) in [5, 5.41) is 6.21. The van der Waals surface area contributed by atoms with Crippen LogP contribution in [0.4, 0.5) is 5.13 Å². The minimum Gasteiger partial charge on any atom is -0.355 e. The maximum Gasteiger partial charge on any atom is 0.224 e. The van der Waals surface area contributed by atoms with Gasteiger partial charge in [0.05, 0.1) is 12.1 Å². The first-order valence-electron chi connectivity index (χ1n) is 7.81.